The summed E-state index contributed by atoms with van der Waals surface area (Å²) < 4.78 is 6.62. The van der Waals surface area contributed by atoms with Crippen LogP contribution >= 0.6 is 0 Å². The molecule has 1 aromatic carbocycles. The lowest BCUT2D eigenvalue weighted by atomic mass is 9.53. The van der Waals surface area contributed by atoms with E-state index in [1.165, 1.54) is 12.5 Å². The molecule has 5 fully saturated rings. The topological polar surface area (TPSA) is 79.5 Å². The van der Waals surface area contributed by atoms with Crippen LogP contribution in [-0.2, 0) is 14.3 Å². The molecule has 2 saturated carbocycles. The van der Waals surface area contributed by atoms with Crippen LogP contribution in [-0.4, -0.2) is 49.2 Å². The van der Waals surface area contributed by atoms with Crippen LogP contribution in [0.15, 0.2) is 30.3 Å². The first-order valence-corrected chi connectivity index (χ1v) is 11.0. The first-order chi connectivity index (χ1) is 14.0. The third-order valence-corrected chi connectivity index (χ3v) is 7.71. The van der Waals surface area contributed by atoms with Gasteiger partial charge in [0, 0.05) is 20.0 Å². The molecule has 0 radical (unpaired) electrons. The molecule has 6 heteroatoms. The number of carbonyl (C=O) groups is 2. The summed E-state index contributed by atoms with van der Waals surface area (Å²) in [5, 5.41) is 9.61. The van der Waals surface area contributed by atoms with E-state index in [-0.39, 0.29) is 23.0 Å². The number of ether oxygens (including phenoxy) is 1. The van der Waals surface area contributed by atoms with Crippen LogP contribution in [0.1, 0.15) is 50.5 Å². The van der Waals surface area contributed by atoms with E-state index in [1.54, 1.807) is 0 Å². The summed E-state index contributed by atoms with van der Waals surface area (Å²) in [5.74, 6) is 1.22. The van der Waals surface area contributed by atoms with Gasteiger partial charge in [0.05, 0.1) is 16.6 Å². The van der Waals surface area contributed by atoms with Crippen molar-refractivity contribution in [3.05, 3.63) is 35.9 Å². The van der Waals surface area contributed by atoms with E-state index >= 15 is 0 Å². The van der Waals surface area contributed by atoms with Crippen molar-refractivity contribution in [3.8, 4) is 0 Å². The Bertz CT molecular complexity index is 797. The predicted octanol–water partition coefficient (Wildman–Crippen LogP) is 1.71. The standard InChI is InChI=1S/C23H31N3O3/c1-16(27)26-15-21-13-22(14-21,23(29-21)7-9-24-10-8-23)20(28)25-12-18-11-19(18)17-5-3-2-4-6-17/h2-6,18-19,24H,7-15H2,1H3,(H,25,28)(H,26,27)/t18-,19-,21?,22?/m1/s1. The van der Waals surface area contributed by atoms with Crippen molar-refractivity contribution < 1.29 is 14.3 Å². The molecule has 5 aliphatic rings. The summed E-state index contributed by atoms with van der Waals surface area (Å²) in [5.41, 5.74) is 0.183. The van der Waals surface area contributed by atoms with E-state index in [2.05, 4.69) is 40.2 Å². The number of piperidine rings is 1. The van der Waals surface area contributed by atoms with Gasteiger partial charge in [-0.05, 0) is 62.6 Å². The fourth-order valence-electron chi connectivity index (χ4n) is 6.15. The molecule has 3 aliphatic heterocycles. The highest BCUT2D eigenvalue weighted by molar-refractivity contribution is 5.87. The van der Waals surface area contributed by atoms with E-state index in [1.807, 2.05) is 6.07 Å². The maximum atomic E-state index is 13.4. The predicted molar refractivity (Wildman–Crippen MR) is 109 cm³/mol. The van der Waals surface area contributed by atoms with E-state index < -0.39 is 5.41 Å². The Morgan fingerprint density at radius 2 is 1.86 bits per heavy atom. The highest BCUT2D eigenvalue weighted by atomic mass is 16.5. The Morgan fingerprint density at radius 1 is 1.14 bits per heavy atom. The second-order valence-electron chi connectivity index (χ2n) is 9.60. The van der Waals surface area contributed by atoms with Crippen molar-refractivity contribution in [1.29, 1.82) is 0 Å². The van der Waals surface area contributed by atoms with Gasteiger partial charge < -0.3 is 20.7 Å². The summed E-state index contributed by atoms with van der Waals surface area (Å²) in [6.45, 7) is 4.54. The monoisotopic (exact) mass is 397 g/mol. The number of hydrogen-bond donors (Lipinski definition) is 3. The SMILES string of the molecule is CC(=O)NCC12CC(C(=O)NC[C@H]3C[C@@H]3c3ccccc3)(C1)C1(CCNCC1)O2. The maximum Gasteiger partial charge on any atom is 0.229 e. The third kappa shape index (κ3) is 3.08. The average molecular weight is 398 g/mol. The Morgan fingerprint density at radius 3 is 2.55 bits per heavy atom. The molecule has 2 amide bonds. The molecule has 3 N–H and O–H groups in total. The van der Waals surface area contributed by atoms with Crippen molar-refractivity contribution >= 4 is 11.8 Å². The molecule has 0 unspecified atom stereocenters. The van der Waals surface area contributed by atoms with E-state index in [9.17, 15) is 9.59 Å². The first-order valence-electron chi connectivity index (χ1n) is 11.0. The third-order valence-electron chi connectivity index (χ3n) is 7.71. The molecule has 6 nitrogen and oxygen atoms in total. The summed E-state index contributed by atoms with van der Waals surface area (Å²) in [6.07, 6.45) is 4.31. The normalized spacial score (nSPS) is 36.3. The molecule has 6 rings (SSSR count). The largest absolute Gasteiger partial charge is 0.365 e. The molecule has 3 saturated heterocycles. The van der Waals surface area contributed by atoms with Gasteiger partial charge in [0.15, 0.2) is 0 Å². The van der Waals surface area contributed by atoms with Crippen molar-refractivity contribution in [2.45, 2.75) is 56.1 Å². The van der Waals surface area contributed by atoms with Gasteiger partial charge in [-0.15, -0.1) is 0 Å². The van der Waals surface area contributed by atoms with Crippen LogP contribution in [0.2, 0.25) is 0 Å². The Balaban J connectivity index is 1.25. The molecule has 2 bridgehead atoms. The molecule has 1 spiro atoms. The van der Waals surface area contributed by atoms with Crippen LogP contribution in [0.3, 0.4) is 0 Å². The van der Waals surface area contributed by atoms with Crippen LogP contribution < -0.4 is 16.0 Å². The van der Waals surface area contributed by atoms with Crippen molar-refractivity contribution in [1.82, 2.24) is 16.0 Å². The van der Waals surface area contributed by atoms with Gasteiger partial charge in [0.1, 0.15) is 0 Å². The minimum Gasteiger partial charge on any atom is -0.365 e. The Labute approximate surface area is 172 Å². The van der Waals surface area contributed by atoms with Gasteiger partial charge in [-0.25, -0.2) is 0 Å². The zero-order valence-electron chi connectivity index (χ0n) is 17.1. The number of carbonyl (C=O) groups excluding carboxylic acids is 2. The lowest BCUT2D eigenvalue weighted by Gasteiger charge is -2.48. The number of amides is 2. The molecule has 1 aromatic rings. The van der Waals surface area contributed by atoms with E-state index in [4.69, 9.17) is 4.74 Å². The minimum atomic E-state index is -0.440. The van der Waals surface area contributed by atoms with Crippen molar-refractivity contribution in [2.75, 3.05) is 26.2 Å². The smallest absolute Gasteiger partial charge is 0.229 e. The van der Waals surface area contributed by atoms with E-state index in [0.29, 0.717) is 18.4 Å². The second kappa shape index (κ2) is 6.81. The summed E-state index contributed by atoms with van der Waals surface area (Å²) >= 11 is 0. The van der Waals surface area contributed by atoms with Crippen molar-refractivity contribution in [3.63, 3.8) is 0 Å². The lowest BCUT2D eigenvalue weighted by molar-refractivity contribution is -0.141. The summed E-state index contributed by atoms with van der Waals surface area (Å²) in [7, 11) is 0. The molecule has 2 atom stereocenters. The molecule has 0 aromatic heterocycles. The zero-order valence-corrected chi connectivity index (χ0v) is 17.1. The number of nitrogens with one attached hydrogen (secondary N) is 3. The fourth-order valence-corrected chi connectivity index (χ4v) is 6.15. The van der Waals surface area contributed by atoms with Gasteiger partial charge >= 0.3 is 0 Å². The zero-order chi connectivity index (χ0) is 20.1. The van der Waals surface area contributed by atoms with Gasteiger partial charge in [0.2, 0.25) is 11.8 Å². The number of benzene rings is 1. The van der Waals surface area contributed by atoms with Crippen LogP contribution in [0.5, 0.6) is 0 Å². The van der Waals surface area contributed by atoms with Gasteiger partial charge in [-0.2, -0.15) is 0 Å². The van der Waals surface area contributed by atoms with Gasteiger partial charge in [-0.3, -0.25) is 9.59 Å². The molecular weight excluding hydrogens is 366 g/mol. The Kier molecular flexibility index (Phi) is 4.48. The molecule has 3 heterocycles. The van der Waals surface area contributed by atoms with Crippen LogP contribution in [0, 0.1) is 11.3 Å². The molecule has 156 valence electrons. The van der Waals surface area contributed by atoms with Crippen molar-refractivity contribution in [2.24, 2.45) is 11.3 Å². The average Bonchev–Trinajstić information content (AvgIpc) is 3.37. The number of rotatable bonds is 6. The molecular formula is C23H31N3O3. The first kappa shape index (κ1) is 19.1. The fraction of sp³-hybridized carbons (Fsp3) is 0.652. The second-order valence-corrected chi connectivity index (χ2v) is 9.60. The highest BCUT2D eigenvalue weighted by Gasteiger charge is 2.77. The summed E-state index contributed by atoms with van der Waals surface area (Å²) in [4.78, 5) is 24.9. The van der Waals surface area contributed by atoms with Crippen LogP contribution in [0.4, 0.5) is 0 Å². The minimum absolute atomic E-state index is 0.0446. The quantitative estimate of drug-likeness (QED) is 0.683. The lowest BCUT2D eigenvalue weighted by Crippen LogP contribution is -2.62. The number of hydrogen-bond acceptors (Lipinski definition) is 4. The molecule has 2 aliphatic carbocycles. The van der Waals surface area contributed by atoms with Crippen LogP contribution in [0.25, 0.3) is 0 Å². The highest BCUT2D eigenvalue weighted by Crippen LogP contribution is 2.69. The van der Waals surface area contributed by atoms with E-state index in [0.717, 1.165) is 51.7 Å². The van der Waals surface area contributed by atoms with Gasteiger partial charge in [0.25, 0.3) is 0 Å². The maximum absolute atomic E-state index is 13.4. The summed E-state index contributed by atoms with van der Waals surface area (Å²) in [6, 6.07) is 10.6. The van der Waals surface area contributed by atoms with Gasteiger partial charge in [-0.1, -0.05) is 30.3 Å². The molecule has 29 heavy (non-hydrogen) atoms. The Hall–Kier alpha value is -1.92.